The number of hydrogen-bond acceptors (Lipinski definition) is 3. The number of fused-ring (bicyclic) bond motifs is 1. The molecule has 0 bridgehead atoms. The molecule has 2 rings (SSSR count). The summed E-state index contributed by atoms with van der Waals surface area (Å²) in [5, 5.41) is 8.52. The first kappa shape index (κ1) is 11.6. The maximum absolute atomic E-state index is 5.61. The predicted molar refractivity (Wildman–Crippen MR) is 64.1 cm³/mol. The summed E-state index contributed by atoms with van der Waals surface area (Å²) in [7, 11) is 0. The van der Waals surface area contributed by atoms with Gasteiger partial charge in [-0.25, -0.2) is 0 Å². The summed E-state index contributed by atoms with van der Waals surface area (Å²) in [6.07, 6.45) is 6.96. The second-order valence-corrected chi connectivity index (χ2v) is 4.68. The van der Waals surface area contributed by atoms with Crippen molar-refractivity contribution >= 4 is 0 Å². The fraction of sp³-hybridized carbons (Fsp3) is 0.833. The highest BCUT2D eigenvalue weighted by atomic mass is 15.3. The molecular formula is C12H22N4. The second kappa shape index (κ2) is 5.43. The van der Waals surface area contributed by atoms with E-state index in [1.165, 1.54) is 30.9 Å². The molecule has 0 amide bonds. The van der Waals surface area contributed by atoms with Crippen molar-refractivity contribution in [3.8, 4) is 0 Å². The van der Waals surface area contributed by atoms with Gasteiger partial charge in [-0.3, -0.25) is 0 Å². The van der Waals surface area contributed by atoms with Crippen molar-refractivity contribution in [1.82, 2.24) is 14.8 Å². The molecule has 0 fully saturated rings. The van der Waals surface area contributed by atoms with Gasteiger partial charge in [0.2, 0.25) is 0 Å². The highest BCUT2D eigenvalue weighted by Gasteiger charge is 2.17. The van der Waals surface area contributed by atoms with Crippen LogP contribution in [0.3, 0.4) is 0 Å². The molecule has 1 atom stereocenters. The molecule has 1 unspecified atom stereocenters. The van der Waals surface area contributed by atoms with Crippen molar-refractivity contribution in [2.24, 2.45) is 11.7 Å². The largest absolute Gasteiger partial charge is 0.330 e. The van der Waals surface area contributed by atoms with Crippen LogP contribution in [0.1, 0.15) is 44.3 Å². The lowest BCUT2D eigenvalue weighted by Gasteiger charge is -2.12. The van der Waals surface area contributed by atoms with E-state index in [0.717, 1.165) is 38.3 Å². The molecule has 0 aliphatic carbocycles. The number of aromatic nitrogens is 3. The van der Waals surface area contributed by atoms with Crippen LogP contribution in [0.25, 0.3) is 0 Å². The third-order valence-corrected chi connectivity index (χ3v) is 3.61. The molecule has 0 aromatic carbocycles. The molecular weight excluding hydrogens is 200 g/mol. The molecule has 0 saturated carbocycles. The van der Waals surface area contributed by atoms with Crippen LogP contribution in [-0.2, 0) is 19.4 Å². The van der Waals surface area contributed by atoms with Crippen LogP contribution < -0.4 is 5.73 Å². The third kappa shape index (κ3) is 2.43. The van der Waals surface area contributed by atoms with E-state index in [1.54, 1.807) is 0 Å². The van der Waals surface area contributed by atoms with E-state index < -0.39 is 0 Å². The standard InChI is InChI=1S/C12H22N4/c1-2-10(7-8-13)5-6-12-15-14-11-4-3-9-16(11)12/h10H,2-9,13H2,1H3. The second-order valence-electron chi connectivity index (χ2n) is 4.68. The lowest BCUT2D eigenvalue weighted by molar-refractivity contribution is 0.435. The Kier molecular flexibility index (Phi) is 3.93. The minimum absolute atomic E-state index is 0.749. The SMILES string of the molecule is CCC(CCN)CCc1nnc2n1CCC2. The van der Waals surface area contributed by atoms with Crippen molar-refractivity contribution in [3.05, 3.63) is 11.6 Å². The van der Waals surface area contributed by atoms with Gasteiger partial charge in [-0.05, 0) is 31.7 Å². The van der Waals surface area contributed by atoms with E-state index in [4.69, 9.17) is 5.73 Å². The monoisotopic (exact) mass is 222 g/mol. The first-order valence-corrected chi connectivity index (χ1v) is 6.46. The maximum atomic E-state index is 5.61. The molecule has 0 radical (unpaired) electrons. The van der Waals surface area contributed by atoms with Gasteiger partial charge in [0.1, 0.15) is 11.6 Å². The van der Waals surface area contributed by atoms with Crippen LogP contribution in [0.15, 0.2) is 0 Å². The van der Waals surface area contributed by atoms with Crippen LogP contribution >= 0.6 is 0 Å². The lowest BCUT2D eigenvalue weighted by Crippen LogP contribution is -2.10. The summed E-state index contributed by atoms with van der Waals surface area (Å²) >= 11 is 0. The van der Waals surface area contributed by atoms with Gasteiger partial charge in [-0.1, -0.05) is 13.3 Å². The number of rotatable bonds is 6. The van der Waals surface area contributed by atoms with Gasteiger partial charge in [0.15, 0.2) is 0 Å². The van der Waals surface area contributed by atoms with Gasteiger partial charge in [-0.2, -0.15) is 0 Å². The Hall–Kier alpha value is -0.900. The van der Waals surface area contributed by atoms with E-state index in [0.29, 0.717) is 0 Å². The molecule has 1 aliphatic rings. The Balaban J connectivity index is 1.89. The number of aryl methyl sites for hydroxylation is 2. The fourth-order valence-corrected chi connectivity index (χ4v) is 2.52. The van der Waals surface area contributed by atoms with Gasteiger partial charge in [0.25, 0.3) is 0 Å². The summed E-state index contributed by atoms with van der Waals surface area (Å²) in [5.41, 5.74) is 5.61. The maximum Gasteiger partial charge on any atom is 0.133 e. The minimum atomic E-state index is 0.749. The Morgan fingerprint density at radius 1 is 1.38 bits per heavy atom. The van der Waals surface area contributed by atoms with Gasteiger partial charge in [0.05, 0.1) is 0 Å². The van der Waals surface area contributed by atoms with E-state index in [-0.39, 0.29) is 0 Å². The van der Waals surface area contributed by atoms with Crippen molar-refractivity contribution < 1.29 is 0 Å². The molecule has 1 aromatic rings. The number of nitrogens with two attached hydrogens (primary N) is 1. The van der Waals surface area contributed by atoms with E-state index in [1.807, 2.05) is 0 Å². The summed E-state index contributed by atoms with van der Waals surface area (Å²) in [4.78, 5) is 0. The van der Waals surface area contributed by atoms with E-state index in [2.05, 4.69) is 21.7 Å². The van der Waals surface area contributed by atoms with E-state index in [9.17, 15) is 0 Å². The zero-order chi connectivity index (χ0) is 11.4. The molecule has 4 nitrogen and oxygen atoms in total. The van der Waals surface area contributed by atoms with Crippen LogP contribution in [0, 0.1) is 5.92 Å². The molecule has 0 spiro atoms. The molecule has 0 saturated heterocycles. The summed E-state index contributed by atoms with van der Waals surface area (Å²) in [6, 6.07) is 0. The molecule has 1 aliphatic heterocycles. The normalized spacial score (nSPS) is 16.4. The highest BCUT2D eigenvalue weighted by Crippen LogP contribution is 2.19. The van der Waals surface area contributed by atoms with Crippen molar-refractivity contribution in [2.45, 2.75) is 52.0 Å². The van der Waals surface area contributed by atoms with Crippen molar-refractivity contribution in [2.75, 3.05) is 6.54 Å². The van der Waals surface area contributed by atoms with Gasteiger partial charge >= 0.3 is 0 Å². The average molecular weight is 222 g/mol. The van der Waals surface area contributed by atoms with Crippen LogP contribution in [-0.4, -0.2) is 21.3 Å². The van der Waals surface area contributed by atoms with E-state index >= 15 is 0 Å². The zero-order valence-electron chi connectivity index (χ0n) is 10.2. The lowest BCUT2D eigenvalue weighted by atomic mass is 9.96. The average Bonchev–Trinajstić information content (AvgIpc) is 2.87. The molecule has 4 heteroatoms. The van der Waals surface area contributed by atoms with Crippen LogP contribution in [0.2, 0.25) is 0 Å². The Bertz CT molecular complexity index is 332. The zero-order valence-corrected chi connectivity index (χ0v) is 10.2. The summed E-state index contributed by atoms with van der Waals surface area (Å²) < 4.78 is 2.30. The molecule has 1 aromatic heterocycles. The van der Waals surface area contributed by atoms with Crippen molar-refractivity contribution in [1.29, 1.82) is 0 Å². The number of hydrogen-bond donors (Lipinski definition) is 1. The van der Waals surface area contributed by atoms with Gasteiger partial charge in [0, 0.05) is 19.4 Å². The number of nitrogens with zero attached hydrogens (tertiary/aromatic N) is 3. The fourth-order valence-electron chi connectivity index (χ4n) is 2.52. The third-order valence-electron chi connectivity index (χ3n) is 3.61. The van der Waals surface area contributed by atoms with Crippen molar-refractivity contribution in [3.63, 3.8) is 0 Å². The summed E-state index contributed by atoms with van der Waals surface area (Å²) in [6.45, 7) is 4.16. The molecule has 2 N–H and O–H groups in total. The molecule has 16 heavy (non-hydrogen) atoms. The molecule has 2 heterocycles. The summed E-state index contributed by atoms with van der Waals surface area (Å²) in [5.74, 6) is 3.11. The smallest absolute Gasteiger partial charge is 0.133 e. The Morgan fingerprint density at radius 3 is 3.00 bits per heavy atom. The minimum Gasteiger partial charge on any atom is -0.330 e. The predicted octanol–water partition coefficient (Wildman–Crippen LogP) is 1.53. The quantitative estimate of drug-likeness (QED) is 0.794. The van der Waals surface area contributed by atoms with Crippen LogP contribution in [0.5, 0.6) is 0 Å². The highest BCUT2D eigenvalue weighted by molar-refractivity contribution is 5.00. The van der Waals surface area contributed by atoms with Crippen LogP contribution in [0.4, 0.5) is 0 Å². The Morgan fingerprint density at radius 2 is 2.25 bits per heavy atom. The molecule has 90 valence electrons. The van der Waals surface area contributed by atoms with Gasteiger partial charge in [-0.15, -0.1) is 10.2 Å². The first-order valence-electron chi connectivity index (χ1n) is 6.46. The topological polar surface area (TPSA) is 56.7 Å². The first-order chi connectivity index (χ1) is 7.85. The van der Waals surface area contributed by atoms with Gasteiger partial charge < -0.3 is 10.3 Å². The Labute approximate surface area is 97.2 Å².